The van der Waals surface area contributed by atoms with E-state index in [0.717, 1.165) is 12.1 Å². The van der Waals surface area contributed by atoms with Crippen molar-refractivity contribution in [2.75, 3.05) is 26.4 Å². The van der Waals surface area contributed by atoms with Crippen LogP contribution in [0.5, 0.6) is 0 Å². The van der Waals surface area contributed by atoms with Crippen molar-refractivity contribution in [1.29, 1.82) is 0 Å². The van der Waals surface area contributed by atoms with Gasteiger partial charge in [0.15, 0.2) is 0 Å². The van der Waals surface area contributed by atoms with E-state index in [1.807, 2.05) is 13.8 Å². The first-order valence-corrected chi connectivity index (χ1v) is 9.50. The number of ketones is 1. The minimum absolute atomic E-state index is 0.111. The van der Waals surface area contributed by atoms with Crippen molar-refractivity contribution < 1.29 is 19.1 Å². The largest absolute Gasteiger partial charge is 0.463 e. The van der Waals surface area contributed by atoms with Crippen molar-refractivity contribution in [2.45, 2.75) is 47.5 Å². The van der Waals surface area contributed by atoms with E-state index in [4.69, 9.17) is 20.2 Å². The molecule has 0 saturated heterocycles. The molecule has 6 nitrogen and oxygen atoms in total. The zero-order valence-electron chi connectivity index (χ0n) is 16.6. The second-order valence-corrected chi connectivity index (χ2v) is 8.26. The van der Waals surface area contributed by atoms with E-state index in [2.05, 4.69) is 13.8 Å². The van der Waals surface area contributed by atoms with Gasteiger partial charge in [-0.25, -0.2) is 4.79 Å². The van der Waals surface area contributed by atoms with Crippen LogP contribution in [0.4, 0.5) is 0 Å². The highest BCUT2D eigenvalue weighted by Crippen LogP contribution is 2.45. The van der Waals surface area contributed by atoms with Gasteiger partial charge < -0.3 is 15.2 Å². The summed E-state index contributed by atoms with van der Waals surface area (Å²) < 4.78 is 10.9. The van der Waals surface area contributed by atoms with Gasteiger partial charge in [-0.1, -0.05) is 27.7 Å². The van der Waals surface area contributed by atoms with Crippen molar-refractivity contribution in [3.8, 4) is 0 Å². The molecule has 0 aromatic rings. The Kier molecular flexibility index (Phi) is 6.74. The van der Waals surface area contributed by atoms with Crippen LogP contribution in [-0.4, -0.2) is 43.8 Å². The smallest absolute Gasteiger partial charge is 0.336 e. The van der Waals surface area contributed by atoms with Crippen LogP contribution in [0.15, 0.2) is 16.3 Å². The molecule has 1 saturated carbocycles. The number of Topliss-reactive ketones (excluding diaryl/α,β-unsaturated/α-hetero) is 1. The average molecular weight is 364 g/mol. The lowest BCUT2D eigenvalue weighted by Gasteiger charge is -2.42. The first kappa shape index (κ1) is 20.8. The lowest BCUT2D eigenvalue weighted by atomic mass is 9.62. The lowest BCUT2D eigenvalue weighted by molar-refractivity contribution is -0.140. The van der Waals surface area contributed by atoms with E-state index in [1.54, 1.807) is 6.92 Å². The van der Waals surface area contributed by atoms with E-state index in [0.29, 0.717) is 30.8 Å². The minimum atomic E-state index is -0.391. The molecule has 0 amide bonds. The van der Waals surface area contributed by atoms with Crippen molar-refractivity contribution in [3.05, 3.63) is 11.3 Å². The molecular weight excluding hydrogens is 332 g/mol. The highest BCUT2D eigenvalue weighted by molar-refractivity contribution is 6.11. The molecule has 2 atom stereocenters. The second-order valence-electron chi connectivity index (χ2n) is 8.26. The number of hydrogen-bond donors (Lipinski definition) is 1. The van der Waals surface area contributed by atoms with E-state index >= 15 is 0 Å². The molecule has 0 radical (unpaired) electrons. The molecule has 0 bridgehead atoms. The number of hydrogen-bond acceptors (Lipinski definition) is 6. The Balaban J connectivity index is 2.53. The number of esters is 1. The summed E-state index contributed by atoms with van der Waals surface area (Å²) in [5.41, 5.74) is 7.37. The summed E-state index contributed by atoms with van der Waals surface area (Å²) in [4.78, 5) is 30.4. The zero-order chi connectivity index (χ0) is 19.5. The van der Waals surface area contributed by atoms with E-state index in [-0.39, 0.29) is 42.2 Å². The third-order valence-electron chi connectivity index (χ3n) is 5.01. The summed E-state index contributed by atoms with van der Waals surface area (Å²) >= 11 is 0. The van der Waals surface area contributed by atoms with Gasteiger partial charge in [0.05, 0.1) is 37.0 Å². The maximum Gasteiger partial charge on any atom is 0.336 e. The van der Waals surface area contributed by atoms with Gasteiger partial charge in [0.25, 0.3) is 0 Å². The third kappa shape index (κ3) is 4.41. The van der Waals surface area contributed by atoms with Crippen LogP contribution in [0.25, 0.3) is 0 Å². The third-order valence-corrected chi connectivity index (χ3v) is 5.01. The summed E-state index contributed by atoms with van der Waals surface area (Å²) in [5.74, 6) is -0.665. The zero-order valence-corrected chi connectivity index (χ0v) is 16.6. The van der Waals surface area contributed by atoms with Gasteiger partial charge in [0, 0.05) is 24.6 Å². The molecule has 146 valence electrons. The fraction of sp³-hybridized carbons (Fsp3) is 0.750. The van der Waals surface area contributed by atoms with E-state index in [9.17, 15) is 9.59 Å². The fourth-order valence-corrected chi connectivity index (χ4v) is 4.08. The van der Waals surface area contributed by atoms with Crippen molar-refractivity contribution in [1.82, 2.24) is 0 Å². The summed E-state index contributed by atoms with van der Waals surface area (Å²) in [6, 6.07) is 0. The van der Waals surface area contributed by atoms with Crippen LogP contribution >= 0.6 is 0 Å². The number of nitrogens with two attached hydrogens (primary N) is 1. The molecule has 2 rings (SSSR count). The molecule has 2 aliphatic rings. The lowest BCUT2D eigenvalue weighted by Crippen LogP contribution is -2.47. The topological polar surface area (TPSA) is 91.0 Å². The second kappa shape index (κ2) is 8.44. The molecule has 26 heavy (non-hydrogen) atoms. The number of rotatable bonds is 7. The van der Waals surface area contributed by atoms with Crippen molar-refractivity contribution in [2.24, 2.45) is 33.9 Å². The van der Waals surface area contributed by atoms with Gasteiger partial charge in [-0.15, -0.1) is 0 Å². The number of ether oxygens (including phenoxy) is 2. The summed E-state index contributed by atoms with van der Waals surface area (Å²) in [7, 11) is 0. The van der Waals surface area contributed by atoms with Crippen LogP contribution in [0, 0.1) is 23.2 Å². The Hall–Kier alpha value is -1.53. The summed E-state index contributed by atoms with van der Waals surface area (Å²) in [6.45, 7) is 11.3. The van der Waals surface area contributed by atoms with Crippen LogP contribution in [0.3, 0.4) is 0 Å². The molecule has 1 heterocycles. The fourth-order valence-electron chi connectivity index (χ4n) is 4.08. The summed E-state index contributed by atoms with van der Waals surface area (Å²) in [5, 5.41) is 0. The Morgan fingerprint density at radius 1 is 1.35 bits per heavy atom. The molecule has 0 spiro atoms. The van der Waals surface area contributed by atoms with Gasteiger partial charge >= 0.3 is 5.97 Å². The van der Waals surface area contributed by atoms with Crippen LogP contribution < -0.4 is 5.73 Å². The van der Waals surface area contributed by atoms with Crippen LogP contribution in [0.1, 0.15) is 47.5 Å². The Bertz CT molecular complexity index is 619. The highest BCUT2D eigenvalue weighted by Gasteiger charge is 2.48. The van der Waals surface area contributed by atoms with Crippen molar-refractivity contribution >= 4 is 17.5 Å². The number of nitrogens with zero attached hydrogens (tertiary/aromatic N) is 1. The Labute approximate surface area is 156 Å². The molecule has 1 aliphatic carbocycles. The van der Waals surface area contributed by atoms with Gasteiger partial charge in [-0.05, 0) is 24.7 Å². The monoisotopic (exact) mass is 364 g/mol. The molecule has 6 heteroatoms. The quantitative estimate of drug-likeness (QED) is 0.554. The predicted molar refractivity (Wildman–Crippen MR) is 101 cm³/mol. The van der Waals surface area contributed by atoms with Gasteiger partial charge in [0.1, 0.15) is 5.78 Å². The van der Waals surface area contributed by atoms with E-state index in [1.165, 1.54) is 0 Å². The maximum absolute atomic E-state index is 12.9. The first-order valence-electron chi connectivity index (χ1n) is 9.50. The number of carbonyl (C=O) groups is 2. The molecule has 0 aromatic heterocycles. The summed E-state index contributed by atoms with van der Waals surface area (Å²) in [6.07, 6.45) is 1.26. The highest BCUT2D eigenvalue weighted by atomic mass is 16.5. The van der Waals surface area contributed by atoms with Crippen LogP contribution in [-0.2, 0) is 19.1 Å². The Morgan fingerprint density at radius 3 is 2.62 bits per heavy atom. The molecule has 2 unspecified atom stereocenters. The normalized spacial score (nSPS) is 25.2. The SMILES string of the molecule is CCOC(=O)C1=C(COCCN)N=C2CC(C)(C)CC(=O)C2C1C(C)C. The molecule has 2 N–H and O–H groups in total. The standard InChI is InChI=1S/C20H32N2O4/c1-6-26-19(24)18-14(11-25-8-7-21)22-13-9-20(4,5)10-15(23)17(13)16(18)12(2)3/h12,16-17H,6-11,21H2,1-5H3. The molecular formula is C20H32N2O4. The predicted octanol–water partition coefficient (Wildman–Crippen LogP) is 2.51. The van der Waals surface area contributed by atoms with Gasteiger partial charge in [-0.3, -0.25) is 9.79 Å². The average Bonchev–Trinajstić information content (AvgIpc) is 2.52. The van der Waals surface area contributed by atoms with Crippen LogP contribution in [0.2, 0.25) is 0 Å². The minimum Gasteiger partial charge on any atom is -0.463 e. The molecule has 0 aromatic carbocycles. The number of carbonyl (C=O) groups excluding carboxylic acids is 2. The van der Waals surface area contributed by atoms with E-state index < -0.39 is 5.97 Å². The van der Waals surface area contributed by atoms with Gasteiger partial charge in [-0.2, -0.15) is 0 Å². The first-order chi connectivity index (χ1) is 12.2. The maximum atomic E-state index is 12.9. The molecule has 1 fully saturated rings. The number of aliphatic imine (C=N–C) groups is 1. The van der Waals surface area contributed by atoms with Crippen molar-refractivity contribution in [3.63, 3.8) is 0 Å². The Morgan fingerprint density at radius 2 is 2.04 bits per heavy atom. The molecule has 1 aliphatic heterocycles. The van der Waals surface area contributed by atoms with Gasteiger partial charge in [0.2, 0.25) is 0 Å². The number of fused-ring (bicyclic) bond motifs is 1.